The van der Waals surface area contributed by atoms with E-state index in [-0.39, 0.29) is 22.7 Å². The number of nitro groups is 1. The minimum atomic E-state index is -3.72. The minimum Gasteiger partial charge on any atom is -0.389 e. The highest BCUT2D eigenvalue weighted by atomic mass is 32.2. The molecule has 0 fully saturated rings. The van der Waals surface area contributed by atoms with Crippen LogP contribution in [-0.4, -0.2) is 31.1 Å². The Morgan fingerprint density at radius 2 is 1.83 bits per heavy atom. The van der Waals surface area contributed by atoms with Gasteiger partial charge < -0.3 is 4.84 Å². The van der Waals surface area contributed by atoms with Crippen LogP contribution in [-0.2, 0) is 14.5 Å². The van der Waals surface area contributed by atoms with Crippen molar-refractivity contribution < 1.29 is 27.5 Å². The molecule has 30 heavy (non-hydrogen) atoms. The number of nitrogens with one attached hydrogen (secondary N) is 1. The summed E-state index contributed by atoms with van der Waals surface area (Å²) in [7, 11) is -3.72. The second-order valence-corrected chi connectivity index (χ2v) is 9.21. The van der Waals surface area contributed by atoms with E-state index in [1.165, 1.54) is 12.1 Å². The molecule has 1 aliphatic rings. The van der Waals surface area contributed by atoms with Crippen LogP contribution in [0.1, 0.15) is 36.2 Å². The van der Waals surface area contributed by atoms with Gasteiger partial charge in [0.25, 0.3) is 11.6 Å². The third-order valence-corrected chi connectivity index (χ3v) is 6.16. The van der Waals surface area contributed by atoms with Gasteiger partial charge >= 0.3 is 0 Å². The number of oxime groups is 1. The summed E-state index contributed by atoms with van der Waals surface area (Å²) >= 11 is 0. The van der Waals surface area contributed by atoms with Crippen LogP contribution in [0.15, 0.2) is 47.6 Å². The smallest absolute Gasteiger partial charge is 0.269 e. The Labute approximate surface area is 170 Å². The van der Waals surface area contributed by atoms with E-state index in [4.69, 9.17) is 4.84 Å². The van der Waals surface area contributed by atoms with Crippen LogP contribution < -0.4 is 4.72 Å². The lowest BCUT2D eigenvalue weighted by atomic mass is 10.1. The third-order valence-electron chi connectivity index (χ3n) is 4.19. The monoisotopic (exact) mass is 437 g/mol. The van der Waals surface area contributed by atoms with E-state index < -0.39 is 43.3 Å². The molecular formula is C19H17F2N3O5S. The van der Waals surface area contributed by atoms with Crippen molar-refractivity contribution in [1.82, 2.24) is 4.72 Å². The van der Waals surface area contributed by atoms with E-state index in [1.807, 2.05) is 0 Å². The predicted molar refractivity (Wildman–Crippen MR) is 107 cm³/mol. The molecule has 2 aromatic rings. The molecule has 11 heteroatoms. The van der Waals surface area contributed by atoms with Crippen molar-refractivity contribution in [1.29, 1.82) is 0 Å². The number of nitro benzene ring substituents is 1. The summed E-state index contributed by atoms with van der Waals surface area (Å²) in [5.41, 5.74) is -1.67. The average Bonchev–Trinajstić information content (AvgIpc) is 3.05. The molecule has 0 radical (unpaired) electrons. The van der Waals surface area contributed by atoms with Crippen molar-refractivity contribution in [3.63, 3.8) is 0 Å². The predicted octanol–water partition coefficient (Wildman–Crippen LogP) is 3.17. The first-order valence-electron chi connectivity index (χ1n) is 8.65. The van der Waals surface area contributed by atoms with Crippen LogP contribution in [0.25, 0.3) is 0 Å². The number of rotatable bonds is 3. The molecule has 1 aliphatic heterocycles. The number of hydrogen-bond acceptors (Lipinski definition) is 6. The van der Waals surface area contributed by atoms with Gasteiger partial charge in [0.1, 0.15) is 26.9 Å². The lowest BCUT2D eigenvalue weighted by molar-refractivity contribution is -0.384. The van der Waals surface area contributed by atoms with Gasteiger partial charge in [0.2, 0.25) is 0 Å². The van der Waals surface area contributed by atoms with Crippen LogP contribution in [0.3, 0.4) is 0 Å². The van der Waals surface area contributed by atoms with Gasteiger partial charge in [0, 0.05) is 29.5 Å². The van der Waals surface area contributed by atoms with Crippen LogP contribution in [0.4, 0.5) is 14.5 Å². The Morgan fingerprint density at radius 1 is 1.23 bits per heavy atom. The quantitative estimate of drug-likeness (QED) is 0.451. The summed E-state index contributed by atoms with van der Waals surface area (Å²) in [6.45, 7) is 3.34. The van der Waals surface area contributed by atoms with Crippen molar-refractivity contribution in [2.75, 3.05) is 0 Å². The number of nitrogens with zero attached hydrogens (tertiary/aromatic N) is 2. The Morgan fingerprint density at radius 3 is 2.33 bits per heavy atom. The number of amides is 1. The number of hydrogen-bond donors (Lipinski definition) is 1. The SMILES string of the molecule is CC1(C)CC(S(=O)(=Cc2c(F)cccc2F)NC(=O)c2ccc([N+](=O)[O-])cc2)=NO1. The van der Waals surface area contributed by atoms with E-state index in [0.717, 1.165) is 35.7 Å². The molecule has 1 atom stereocenters. The number of benzene rings is 2. The summed E-state index contributed by atoms with van der Waals surface area (Å²) in [6.07, 6.45) is 0.0406. The van der Waals surface area contributed by atoms with Gasteiger partial charge in [-0.3, -0.25) is 19.6 Å². The second-order valence-electron chi connectivity index (χ2n) is 7.10. The average molecular weight is 437 g/mol. The van der Waals surface area contributed by atoms with E-state index in [1.54, 1.807) is 13.8 Å². The Bertz CT molecular complexity index is 1150. The molecule has 1 amide bonds. The minimum absolute atomic E-state index is 0.0329. The maximum Gasteiger partial charge on any atom is 0.269 e. The molecule has 1 unspecified atom stereocenters. The largest absolute Gasteiger partial charge is 0.389 e. The molecule has 0 saturated carbocycles. The number of non-ortho nitro benzene ring substituents is 1. The molecule has 0 spiro atoms. The number of carbonyl (C=O) groups excluding carboxylic acids is 1. The molecule has 3 rings (SSSR count). The fourth-order valence-corrected chi connectivity index (χ4v) is 4.62. The van der Waals surface area contributed by atoms with Crippen LogP contribution in [0.5, 0.6) is 0 Å². The molecular weight excluding hydrogens is 420 g/mol. The Balaban J connectivity index is 2.04. The first kappa shape index (κ1) is 21.4. The maximum absolute atomic E-state index is 14.2. The Kier molecular flexibility index (Phi) is 5.57. The standard InChI is InChI=1S/C19H17F2N3O5S/c1-19(2)10-17(22-29-19)30(28,11-14-15(20)4-3-5-16(14)21)23-18(25)12-6-8-13(9-7-12)24(26)27/h3-9,11H,10H2,1-2H3,(H,23,25,28). The summed E-state index contributed by atoms with van der Waals surface area (Å²) in [5, 5.41) is 15.2. The van der Waals surface area contributed by atoms with Gasteiger partial charge in [-0.1, -0.05) is 11.2 Å². The van der Waals surface area contributed by atoms with Gasteiger partial charge in [-0.05, 0) is 38.1 Å². The topological polar surface area (TPSA) is 111 Å². The fourth-order valence-electron chi connectivity index (χ4n) is 2.64. The van der Waals surface area contributed by atoms with E-state index in [9.17, 15) is 27.9 Å². The van der Waals surface area contributed by atoms with Crippen molar-refractivity contribution in [3.8, 4) is 0 Å². The molecule has 8 nitrogen and oxygen atoms in total. The van der Waals surface area contributed by atoms with Crippen LogP contribution >= 0.6 is 0 Å². The van der Waals surface area contributed by atoms with Gasteiger partial charge in [-0.2, -0.15) is 0 Å². The molecule has 1 heterocycles. The molecule has 0 aliphatic carbocycles. The van der Waals surface area contributed by atoms with Gasteiger partial charge in [-0.15, -0.1) is 0 Å². The van der Waals surface area contributed by atoms with Gasteiger partial charge in [0.05, 0.1) is 10.5 Å². The second kappa shape index (κ2) is 7.82. The molecule has 0 bridgehead atoms. The van der Waals surface area contributed by atoms with E-state index in [0.29, 0.717) is 0 Å². The highest BCUT2D eigenvalue weighted by molar-refractivity contribution is 8.14. The molecule has 0 saturated heterocycles. The zero-order valence-electron chi connectivity index (χ0n) is 15.9. The molecule has 158 valence electrons. The molecule has 1 N–H and O–H groups in total. The van der Waals surface area contributed by atoms with Crippen molar-refractivity contribution in [3.05, 3.63) is 75.3 Å². The number of halogens is 2. The third kappa shape index (κ3) is 4.46. The van der Waals surface area contributed by atoms with Crippen molar-refractivity contribution >= 4 is 31.7 Å². The lowest BCUT2D eigenvalue weighted by Gasteiger charge is -2.16. The zero-order valence-corrected chi connectivity index (χ0v) is 16.7. The summed E-state index contributed by atoms with van der Waals surface area (Å²) in [4.78, 5) is 28.0. The normalized spacial score (nSPS) is 16.7. The summed E-state index contributed by atoms with van der Waals surface area (Å²) in [5.74, 6) is -2.80. The van der Waals surface area contributed by atoms with Crippen LogP contribution in [0, 0.1) is 21.7 Å². The van der Waals surface area contributed by atoms with Gasteiger partial charge in [0.15, 0.2) is 5.04 Å². The zero-order chi connectivity index (χ0) is 22.1. The highest BCUT2D eigenvalue weighted by Gasteiger charge is 2.35. The first-order valence-corrected chi connectivity index (χ1v) is 10.3. The lowest BCUT2D eigenvalue weighted by Crippen LogP contribution is -2.38. The fraction of sp³-hybridized carbons (Fsp3) is 0.211. The van der Waals surface area contributed by atoms with E-state index in [2.05, 4.69) is 9.88 Å². The molecule has 2 aromatic carbocycles. The van der Waals surface area contributed by atoms with Crippen LogP contribution in [0.2, 0.25) is 0 Å². The van der Waals surface area contributed by atoms with Gasteiger partial charge in [-0.25, -0.2) is 13.0 Å². The highest BCUT2D eigenvalue weighted by Crippen LogP contribution is 2.25. The number of carbonyl (C=O) groups is 1. The van der Waals surface area contributed by atoms with Crippen molar-refractivity contribution in [2.45, 2.75) is 25.9 Å². The summed E-state index contributed by atoms with van der Waals surface area (Å²) in [6, 6.07) is 7.70. The first-order chi connectivity index (χ1) is 14.0. The Hall–Kier alpha value is -3.34. The van der Waals surface area contributed by atoms with Crippen molar-refractivity contribution in [2.24, 2.45) is 5.16 Å². The summed E-state index contributed by atoms with van der Waals surface area (Å²) < 4.78 is 44.2. The van der Waals surface area contributed by atoms with E-state index >= 15 is 0 Å². The molecule has 0 aromatic heterocycles. The maximum atomic E-state index is 14.2.